The Morgan fingerprint density at radius 2 is 2.17 bits per heavy atom. The lowest BCUT2D eigenvalue weighted by atomic mass is 9.93. The molecule has 128 valence electrons. The number of nitrogens with zero attached hydrogens (tertiary/aromatic N) is 2. The summed E-state index contributed by atoms with van der Waals surface area (Å²) in [6.07, 6.45) is 2.36. The second-order valence-corrected chi connectivity index (χ2v) is 7.08. The minimum Gasteiger partial charge on any atom is -0.488 e. The molecule has 0 amide bonds. The highest BCUT2D eigenvalue weighted by molar-refractivity contribution is 14.0. The number of likely N-dealkylation sites (tertiary alicyclic amines) is 1. The molecule has 4 nitrogen and oxygen atoms in total. The van der Waals surface area contributed by atoms with Crippen molar-refractivity contribution in [3.05, 3.63) is 29.8 Å². The fourth-order valence-corrected chi connectivity index (χ4v) is 3.26. The van der Waals surface area contributed by atoms with E-state index in [-0.39, 0.29) is 30.1 Å². The lowest BCUT2D eigenvalue weighted by Gasteiger charge is -2.24. The predicted octanol–water partition coefficient (Wildman–Crippen LogP) is 3.31. The van der Waals surface area contributed by atoms with Crippen LogP contribution in [0.5, 0.6) is 5.75 Å². The summed E-state index contributed by atoms with van der Waals surface area (Å²) in [6, 6.07) is 8.30. The zero-order valence-corrected chi connectivity index (χ0v) is 16.7. The number of benzene rings is 1. The maximum Gasteiger partial charge on any atom is 0.194 e. The number of hydrogen-bond donors (Lipinski definition) is 1. The molecule has 1 atom stereocenters. The minimum atomic E-state index is 0. The van der Waals surface area contributed by atoms with Crippen LogP contribution in [0.4, 0.5) is 0 Å². The Morgan fingerprint density at radius 3 is 2.83 bits per heavy atom. The van der Waals surface area contributed by atoms with Crippen molar-refractivity contribution in [1.29, 1.82) is 0 Å². The van der Waals surface area contributed by atoms with E-state index < -0.39 is 0 Å². The molecule has 23 heavy (non-hydrogen) atoms. The van der Waals surface area contributed by atoms with Gasteiger partial charge in [-0.25, -0.2) is 4.99 Å². The fourth-order valence-electron chi connectivity index (χ4n) is 3.26. The molecule has 1 aromatic rings. The van der Waals surface area contributed by atoms with Crippen molar-refractivity contribution in [2.75, 3.05) is 26.2 Å². The van der Waals surface area contributed by atoms with E-state index in [1.165, 1.54) is 12.0 Å². The summed E-state index contributed by atoms with van der Waals surface area (Å²) >= 11 is 0. The van der Waals surface area contributed by atoms with Crippen LogP contribution in [0.25, 0.3) is 0 Å². The Balaban J connectivity index is 0.00000192. The van der Waals surface area contributed by atoms with E-state index in [4.69, 9.17) is 9.73 Å². The first-order valence-corrected chi connectivity index (χ1v) is 8.35. The minimum absolute atomic E-state index is 0. The summed E-state index contributed by atoms with van der Waals surface area (Å²) in [5.74, 6) is 2.06. The van der Waals surface area contributed by atoms with Gasteiger partial charge in [0.05, 0.1) is 6.54 Å². The third-order valence-electron chi connectivity index (χ3n) is 4.47. The number of nitrogens with one attached hydrogen (secondary N) is 1. The smallest absolute Gasteiger partial charge is 0.194 e. The highest BCUT2D eigenvalue weighted by atomic mass is 127. The van der Waals surface area contributed by atoms with Crippen LogP contribution in [0.2, 0.25) is 0 Å². The number of rotatable bonds is 3. The summed E-state index contributed by atoms with van der Waals surface area (Å²) in [5.41, 5.74) is 1.69. The fraction of sp³-hybridized carbons (Fsp3) is 0.611. The van der Waals surface area contributed by atoms with Crippen molar-refractivity contribution in [2.24, 2.45) is 10.4 Å². The van der Waals surface area contributed by atoms with E-state index in [2.05, 4.69) is 43.1 Å². The first-order chi connectivity index (χ1) is 10.6. The number of aliphatic imine (C=N–C) groups is 1. The number of para-hydroxylation sites is 1. The molecule has 0 saturated carbocycles. The van der Waals surface area contributed by atoms with Gasteiger partial charge in [-0.3, -0.25) is 0 Å². The van der Waals surface area contributed by atoms with E-state index >= 15 is 0 Å². The maximum absolute atomic E-state index is 5.99. The van der Waals surface area contributed by atoms with Crippen molar-refractivity contribution in [3.63, 3.8) is 0 Å². The van der Waals surface area contributed by atoms with Gasteiger partial charge in [0.15, 0.2) is 5.96 Å². The van der Waals surface area contributed by atoms with Gasteiger partial charge in [0, 0.05) is 26.1 Å². The summed E-state index contributed by atoms with van der Waals surface area (Å²) in [6.45, 7) is 10.6. The number of fused-ring (bicyclic) bond motifs is 1. The van der Waals surface area contributed by atoms with Gasteiger partial charge in [0.1, 0.15) is 11.9 Å². The highest BCUT2D eigenvalue weighted by Gasteiger charge is 2.31. The summed E-state index contributed by atoms with van der Waals surface area (Å²) in [7, 11) is 0. The van der Waals surface area contributed by atoms with Crippen molar-refractivity contribution >= 4 is 29.9 Å². The van der Waals surface area contributed by atoms with Gasteiger partial charge in [-0.05, 0) is 30.4 Å². The Labute approximate surface area is 156 Å². The number of guanidine groups is 1. The van der Waals surface area contributed by atoms with E-state index in [1.807, 2.05) is 12.1 Å². The average molecular weight is 429 g/mol. The molecule has 1 fully saturated rings. The first-order valence-electron chi connectivity index (χ1n) is 8.35. The summed E-state index contributed by atoms with van der Waals surface area (Å²) in [5, 5.41) is 3.43. The van der Waals surface area contributed by atoms with Gasteiger partial charge in [0.2, 0.25) is 0 Å². The van der Waals surface area contributed by atoms with Crippen LogP contribution in [0, 0.1) is 5.41 Å². The van der Waals surface area contributed by atoms with Crippen molar-refractivity contribution in [3.8, 4) is 5.75 Å². The molecule has 2 aliphatic rings. The number of ether oxygens (including phenoxy) is 1. The maximum atomic E-state index is 5.99. The second-order valence-electron chi connectivity index (χ2n) is 7.08. The van der Waals surface area contributed by atoms with Crippen molar-refractivity contribution in [2.45, 2.75) is 39.7 Å². The standard InChI is InChI=1S/C18H27N3O.HI/c1-4-19-17(21-10-9-18(2,3)13-21)20-12-15-11-14-7-5-6-8-16(14)22-15;/h5-8,15H,4,9-13H2,1-3H3,(H,19,20);1H. The highest BCUT2D eigenvalue weighted by Crippen LogP contribution is 2.30. The third kappa shape index (κ3) is 4.52. The molecule has 0 radical (unpaired) electrons. The topological polar surface area (TPSA) is 36.9 Å². The average Bonchev–Trinajstić information content (AvgIpc) is 3.06. The van der Waals surface area contributed by atoms with E-state index in [0.29, 0.717) is 12.0 Å². The van der Waals surface area contributed by atoms with Crippen LogP contribution >= 0.6 is 24.0 Å². The molecule has 5 heteroatoms. The molecule has 1 aromatic carbocycles. The molecule has 1 unspecified atom stereocenters. The molecule has 0 bridgehead atoms. The molecular weight excluding hydrogens is 401 g/mol. The first kappa shape index (κ1) is 18.4. The van der Waals surface area contributed by atoms with Crippen LogP contribution in [-0.4, -0.2) is 43.1 Å². The zero-order chi connectivity index (χ0) is 15.6. The third-order valence-corrected chi connectivity index (χ3v) is 4.47. The zero-order valence-electron chi connectivity index (χ0n) is 14.3. The molecule has 2 aliphatic heterocycles. The molecule has 3 rings (SSSR count). The monoisotopic (exact) mass is 429 g/mol. The Morgan fingerprint density at radius 1 is 1.39 bits per heavy atom. The van der Waals surface area contributed by atoms with Gasteiger partial charge in [-0.15, -0.1) is 24.0 Å². The second kappa shape index (κ2) is 7.73. The van der Waals surface area contributed by atoms with Gasteiger partial charge in [-0.2, -0.15) is 0 Å². The Bertz CT molecular complexity index is 534. The van der Waals surface area contributed by atoms with Crippen molar-refractivity contribution < 1.29 is 4.74 Å². The van der Waals surface area contributed by atoms with Crippen LogP contribution < -0.4 is 10.1 Å². The predicted molar refractivity (Wildman–Crippen MR) is 106 cm³/mol. The lowest BCUT2D eigenvalue weighted by molar-refractivity contribution is 0.241. The van der Waals surface area contributed by atoms with E-state index in [0.717, 1.165) is 37.8 Å². The lowest BCUT2D eigenvalue weighted by Crippen LogP contribution is -2.41. The molecule has 0 spiro atoms. The van der Waals surface area contributed by atoms with Crippen LogP contribution in [0.3, 0.4) is 0 Å². The molecule has 1 N–H and O–H groups in total. The molecule has 1 saturated heterocycles. The summed E-state index contributed by atoms with van der Waals surface area (Å²) < 4.78 is 5.99. The molecule has 0 aromatic heterocycles. The van der Waals surface area contributed by atoms with Crippen LogP contribution in [0.1, 0.15) is 32.8 Å². The SMILES string of the molecule is CCNC(=NCC1Cc2ccccc2O1)N1CCC(C)(C)C1.I. The Hall–Kier alpha value is -0.980. The number of hydrogen-bond acceptors (Lipinski definition) is 2. The molecule has 0 aliphatic carbocycles. The van der Waals surface area contributed by atoms with E-state index in [9.17, 15) is 0 Å². The summed E-state index contributed by atoms with van der Waals surface area (Å²) in [4.78, 5) is 7.21. The van der Waals surface area contributed by atoms with E-state index in [1.54, 1.807) is 0 Å². The Kier molecular flexibility index (Phi) is 6.17. The van der Waals surface area contributed by atoms with Gasteiger partial charge < -0.3 is 15.0 Å². The van der Waals surface area contributed by atoms with Crippen molar-refractivity contribution in [1.82, 2.24) is 10.2 Å². The van der Waals surface area contributed by atoms with Crippen LogP contribution in [-0.2, 0) is 6.42 Å². The van der Waals surface area contributed by atoms with Gasteiger partial charge in [0.25, 0.3) is 0 Å². The van der Waals surface area contributed by atoms with Crippen LogP contribution in [0.15, 0.2) is 29.3 Å². The normalized spacial score (nSPS) is 22.3. The van der Waals surface area contributed by atoms with Gasteiger partial charge >= 0.3 is 0 Å². The van der Waals surface area contributed by atoms with Gasteiger partial charge in [-0.1, -0.05) is 32.0 Å². The quantitative estimate of drug-likeness (QED) is 0.455. The largest absolute Gasteiger partial charge is 0.488 e. The number of halogens is 1. The molecule has 2 heterocycles. The molecular formula is C18H28IN3O.